The molecule has 0 saturated carbocycles. The number of halogens is 2. The lowest BCUT2D eigenvalue weighted by Gasteiger charge is -2.27. The summed E-state index contributed by atoms with van der Waals surface area (Å²) in [5, 5.41) is -0.00776. The van der Waals surface area contributed by atoms with E-state index in [4.69, 9.17) is 27.9 Å². The number of sulfonamides is 1. The Bertz CT molecular complexity index is 891. The van der Waals surface area contributed by atoms with Crippen LogP contribution in [0, 0.1) is 13.8 Å². The van der Waals surface area contributed by atoms with Crippen molar-refractivity contribution >= 4 is 38.9 Å². The average Bonchev–Trinajstić information content (AvgIpc) is 2.56. The van der Waals surface area contributed by atoms with Gasteiger partial charge in [-0.15, -0.1) is 6.58 Å². The van der Waals surface area contributed by atoms with Gasteiger partial charge in [0.15, 0.2) is 0 Å². The van der Waals surface area contributed by atoms with E-state index in [0.717, 1.165) is 11.1 Å². The highest BCUT2D eigenvalue weighted by atomic mass is 35.5. The van der Waals surface area contributed by atoms with Crippen molar-refractivity contribution in [1.29, 1.82) is 0 Å². The van der Waals surface area contributed by atoms with Crippen LogP contribution in [0.5, 0.6) is 5.75 Å². The zero-order valence-corrected chi connectivity index (χ0v) is 16.5. The van der Waals surface area contributed by atoms with E-state index in [2.05, 4.69) is 6.58 Å². The van der Waals surface area contributed by atoms with Crippen LogP contribution >= 0.6 is 23.2 Å². The molecular formula is C18H19Cl2NO3S. The van der Waals surface area contributed by atoms with Crippen LogP contribution in [0.4, 0.5) is 5.69 Å². The molecule has 7 heteroatoms. The molecule has 0 radical (unpaired) electrons. The molecule has 0 aliphatic carbocycles. The van der Waals surface area contributed by atoms with E-state index in [1.165, 1.54) is 29.6 Å². The number of benzene rings is 2. The molecule has 25 heavy (non-hydrogen) atoms. The fourth-order valence-corrected chi connectivity index (χ4v) is 5.00. The molecule has 0 saturated heterocycles. The number of methoxy groups -OCH3 is 1. The minimum absolute atomic E-state index is 0.0605. The van der Waals surface area contributed by atoms with Crippen molar-refractivity contribution in [1.82, 2.24) is 0 Å². The molecular weight excluding hydrogens is 381 g/mol. The van der Waals surface area contributed by atoms with Crippen LogP contribution in [0.15, 0.2) is 47.9 Å². The van der Waals surface area contributed by atoms with Crippen LogP contribution in [-0.2, 0) is 10.0 Å². The monoisotopic (exact) mass is 399 g/mol. The third-order valence-corrected chi connectivity index (χ3v) is 6.57. The van der Waals surface area contributed by atoms with Gasteiger partial charge in [-0.1, -0.05) is 47.5 Å². The number of anilines is 1. The Balaban J connectivity index is 2.70. The van der Waals surface area contributed by atoms with E-state index >= 15 is 0 Å². The summed E-state index contributed by atoms with van der Waals surface area (Å²) in [6, 6.07) is 8.47. The van der Waals surface area contributed by atoms with Gasteiger partial charge in [-0.25, -0.2) is 8.42 Å². The molecule has 2 aromatic rings. The van der Waals surface area contributed by atoms with E-state index in [1.807, 2.05) is 32.0 Å². The predicted molar refractivity (Wildman–Crippen MR) is 104 cm³/mol. The summed E-state index contributed by atoms with van der Waals surface area (Å²) in [5.41, 5.74) is 2.27. The van der Waals surface area contributed by atoms with Crippen LogP contribution in [-0.4, -0.2) is 22.1 Å². The quantitative estimate of drug-likeness (QED) is 0.641. The highest BCUT2D eigenvalue weighted by Gasteiger charge is 2.30. The van der Waals surface area contributed by atoms with E-state index < -0.39 is 10.0 Å². The Labute approximate surface area is 158 Å². The number of para-hydroxylation sites is 1. The van der Waals surface area contributed by atoms with Crippen molar-refractivity contribution < 1.29 is 13.2 Å². The van der Waals surface area contributed by atoms with E-state index in [-0.39, 0.29) is 21.5 Å². The topological polar surface area (TPSA) is 46.6 Å². The fraction of sp³-hybridized carbons (Fsp3) is 0.222. The number of aryl methyl sites for hydroxylation is 2. The molecule has 2 aromatic carbocycles. The largest absolute Gasteiger partial charge is 0.495 e. The van der Waals surface area contributed by atoms with E-state index in [9.17, 15) is 8.42 Å². The summed E-state index contributed by atoms with van der Waals surface area (Å²) in [7, 11) is -2.51. The summed E-state index contributed by atoms with van der Waals surface area (Å²) < 4.78 is 33.0. The number of nitrogens with zero attached hydrogens (tertiary/aromatic N) is 1. The van der Waals surface area contributed by atoms with Gasteiger partial charge in [0.2, 0.25) is 0 Å². The Hall–Kier alpha value is -1.69. The lowest BCUT2D eigenvalue weighted by atomic mass is 10.1. The van der Waals surface area contributed by atoms with Gasteiger partial charge >= 0.3 is 0 Å². The zero-order chi connectivity index (χ0) is 18.8. The minimum atomic E-state index is -3.95. The van der Waals surface area contributed by atoms with E-state index in [0.29, 0.717) is 11.4 Å². The van der Waals surface area contributed by atoms with Gasteiger partial charge in [0.25, 0.3) is 10.0 Å². The molecule has 0 bridgehead atoms. The Kier molecular flexibility index (Phi) is 6.03. The summed E-state index contributed by atoms with van der Waals surface area (Å²) >= 11 is 12.4. The lowest BCUT2D eigenvalue weighted by molar-refractivity contribution is 0.414. The smallest absolute Gasteiger partial charge is 0.266 e. The van der Waals surface area contributed by atoms with Crippen molar-refractivity contribution in [3.05, 3.63) is 64.2 Å². The highest BCUT2D eigenvalue weighted by Crippen LogP contribution is 2.39. The van der Waals surface area contributed by atoms with Crippen LogP contribution in [0.1, 0.15) is 11.1 Å². The second kappa shape index (κ2) is 7.68. The Morgan fingerprint density at radius 3 is 2.24 bits per heavy atom. The zero-order valence-electron chi connectivity index (χ0n) is 14.2. The SMILES string of the molecule is C=CCN(c1c(C)cccc1C)S(=O)(=O)c1ccc(OC)c(Cl)c1Cl. The molecule has 134 valence electrons. The molecule has 0 aliphatic rings. The van der Waals surface area contributed by atoms with Crippen molar-refractivity contribution in [2.75, 3.05) is 18.0 Å². The second-order valence-electron chi connectivity index (χ2n) is 5.46. The van der Waals surface area contributed by atoms with Crippen molar-refractivity contribution in [2.45, 2.75) is 18.7 Å². The molecule has 2 rings (SSSR count). The third kappa shape index (κ3) is 3.64. The molecule has 0 amide bonds. The van der Waals surface area contributed by atoms with Crippen LogP contribution in [0.3, 0.4) is 0 Å². The standard InChI is InChI=1S/C18H19Cl2NO3S/c1-5-11-21(18-12(2)7-6-8-13(18)3)25(22,23)15-10-9-14(24-4)16(19)17(15)20/h5-10H,1,11H2,2-4H3. The summed E-state index contributed by atoms with van der Waals surface area (Å²) in [4.78, 5) is -0.0792. The first kappa shape index (κ1) is 19.6. The third-order valence-electron chi connectivity index (χ3n) is 3.78. The van der Waals surface area contributed by atoms with Crippen LogP contribution in [0.25, 0.3) is 0 Å². The molecule has 0 spiro atoms. The first-order valence-electron chi connectivity index (χ1n) is 7.47. The van der Waals surface area contributed by atoms with E-state index in [1.54, 1.807) is 0 Å². The number of rotatable bonds is 6. The predicted octanol–water partition coefficient (Wildman–Crippen LogP) is 5.00. The maximum Gasteiger partial charge on any atom is 0.266 e. The van der Waals surface area contributed by atoms with Gasteiger partial charge in [0.05, 0.1) is 24.4 Å². The van der Waals surface area contributed by atoms with Gasteiger partial charge < -0.3 is 4.74 Å². The van der Waals surface area contributed by atoms with Crippen LogP contribution < -0.4 is 9.04 Å². The molecule has 0 N–H and O–H groups in total. The molecule has 4 nitrogen and oxygen atoms in total. The highest BCUT2D eigenvalue weighted by molar-refractivity contribution is 7.93. The lowest BCUT2D eigenvalue weighted by Crippen LogP contribution is -2.32. The molecule has 0 heterocycles. The van der Waals surface area contributed by atoms with Gasteiger partial charge in [-0.05, 0) is 37.1 Å². The first-order chi connectivity index (χ1) is 11.8. The summed E-state index contributed by atoms with van der Waals surface area (Å²) in [6.07, 6.45) is 1.53. The molecule has 0 aromatic heterocycles. The van der Waals surface area contributed by atoms with Gasteiger partial charge in [-0.3, -0.25) is 4.31 Å². The first-order valence-corrected chi connectivity index (χ1v) is 9.67. The maximum atomic E-state index is 13.3. The molecule has 0 aliphatic heterocycles. The molecule has 0 unspecified atom stereocenters. The van der Waals surface area contributed by atoms with Crippen molar-refractivity contribution in [3.63, 3.8) is 0 Å². The van der Waals surface area contributed by atoms with Crippen molar-refractivity contribution in [3.8, 4) is 5.75 Å². The van der Waals surface area contributed by atoms with Gasteiger partial charge in [0.1, 0.15) is 15.7 Å². The van der Waals surface area contributed by atoms with Crippen molar-refractivity contribution in [2.24, 2.45) is 0 Å². The second-order valence-corrected chi connectivity index (χ2v) is 8.05. The summed E-state index contributed by atoms with van der Waals surface area (Å²) in [6.45, 7) is 7.50. The Morgan fingerprint density at radius 2 is 1.72 bits per heavy atom. The fourth-order valence-electron chi connectivity index (χ4n) is 2.62. The molecule has 0 atom stereocenters. The number of ether oxygens (including phenoxy) is 1. The minimum Gasteiger partial charge on any atom is -0.495 e. The number of hydrogen-bond acceptors (Lipinski definition) is 3. The normalized spacial score (nSPS) is 11.2. The Morgan fingerprint density at radius 1 is 1.12 bits per heavy atom. The van der Waals surface area contributed by atoms with Gasteiger partial charge in [0, 0.05) is 0 Å². The molecule has 0 fully saturated rings. The van der Waals surface area contributed by atoms with Crippen LogP contribution in [0.2, 0.25) is 10.0 Å². The maximum absolute atomic E-state index is 13.3. The van der Waals surface area contributed by atoms with Gasteiger partial charge in [-0.2, -0.15) is 0 Å². The number of hydrogen-bond donors (Lipinski definition) is 0. The average molecular weight is 400 g/mol. The summed E-state index contributed by atoms with van der Waals surface area (Å²) in [5.74, 6) is 0.313.